The Labute approximate surface area is 195 Å². The summed E-state index contributed by atoms with van der Waals surface area (Å²) >= 11 is 0. The predicted molar refractivity (Wildman–Crippen MR) is 128 cm³/mol. The molecule has 2 saturated heterocycles. The molecule has 0 N–H and O–H groups in total. The zero-order valence-corrected chi connectivity index (χ0v) is 19.5. The number of halogens is 1. The normalized spacial score (nSPS) is 18.9. The molecule has 0 saturated carbocycles. The molecule has 176 valence electrons. The summed E-state index contributed by atoms with van der Waals surface area (Å²) in [6, 6.07) is 15.5. The molecule has 33 heavy (non-hydrogen) atoms. The van der Waals surface area contributed by atoms with Crippen molar-refractivity contribution in [3.63, 3.8) is 0 Å². The van der Waals surface area contributed by atoms with Crippen LogP contribution in [0.15, 0.2) is 48.5 Å². The molecule has 2 aromatic rings. The maximum absolute atomic E-state index is 14.5. The highest BCUT2D eigenvalue weighted by Gasteiger charge is 2.27. The van der Waals surface area contributed by atoms with E-state index in [1.807, 2.05) is 15.9 Å². The molecule has 7 heteroatoms. The van der Waals surface area contributed by atoms with Gasteiger partial charge in [0.1, 0.15) is 5.82 Å². The number of carbonyl (C=O) groups excluding carboxylic acids is 2. The minimum absolute atomic E-state index is 0.140. The first-order valence-electron chi connectivity index (χ1n) is 11.8. The Kier molecular flexibility index (Phi) is 7.40. The Hall–Kier alpha value is -2.77. The maximum Gasteiger partial charge on any atom is 0.236 e. The molecule has 2 heterocycles. The Balaban J connectivity index is 1.23. The lowest BCUT2D eigenvalue weighted by Crippen LogP contribution is -2.54. The number of benzene rings is 2. The first-order valence-corrected chi connectivity index (χ1v) is 11.8. The Morgan fingerprint density at radius 2 is 1.58 bits per heavy atom. The molecule has 0 radical (unpaired) electrons. The molecule has 0 bridgehead atoms. The highest BCUT2D eigenvalue weighted by atomic mass is 19.1. The first kappa shape index (κ1) is 23.4. The van der Waals surface area contributed by atoms with Crippen molar-refractivity contribution in [2.45, 2.75) is 19.9 Å². The van der Waals surface area contributed by atoms with E-state index in [2.05, 4.69) is 41.0 Å². The molecule has 1 atom stereocenters. The van der Waals surface area contributed by atoms with E-state index in [0.717, 1.165) is 26.2 Å². The van der Waals surface area contributed by atoms with Gasteiger partial charge in [0.25, 0.3) is 0 Å². The lowest BCUT2D eigenvalue weighted by atomic mass is 10.1. The fourth-order valence-corrected chi connectivity index (χ4v) is 4.72. The minimum atomic E-state index is -0.366. The van der Waals surface area contributed by atoms with Gasteiger partial charge >= 0.3 is 0 Å². The van der Waals surface area contributed by atoms with Crippen molar-refractivity contribution in [3.05, 3.63) is 65.5 Å². The first-order chi connectivity index (χ1) is 15.9. The number of hydrogen-bond acceptors (Lipinski definition) is 5. The molecule has 0 aliphatic carbocycles. The molecule has 2 aromatic carbocycles. The number of hydrogen-bond donors (Lipinski definition) is 0. The molecule has 0 unspecified atom stereocenters. The van der Waals surface area contributed by atoms with Gasteiger partial charge in [-0.3, -0.25) is 19.4 Å². The molecule has 0 aromatic heterocycles. The van der Waals surface area contributed by atoms with Crippen molar-refractivity contribution in [2.24, 2.45) is 0 Å². The number of amides is 1. The predicted octanol–water partition coefficient (Wildman–Crippen LogP) is 3.06. The van der Waals surface area contributed by atoms with Gasteiger partial charge in [-0.25, -0.2) is 4.39 Å². The monoisotopic (exact) mass is 452 g/mol. The van der Waals surface area contributed by atoms with Crippen LogP contribution in [0.5, 0.6) is 0 Å². The van der Waals surface area contributed by atoms with E-state index in [1.54, 1.807) is 12.1 Å². The van der Waals surface area contributed by atoms with E-state index in [4.69, 9.17) is 0 Å². The van der Waals surface area contributed by atoms with Gasteiger partial charge in [-0.2, -0.15) is 0 Å². The summed E-state index contributed by atoms with van der Waals surface area (Å²) in [6.07, 6.45) is 0. The third-order valence-corrected chi connectivity index (χ3v) is 6.92. The second-order valence-electron chi connectivity index (χ2n) is 8.99. The third-order valence-electron chi connectivity index (χ3n) is 6.92. The number of Topliss-reactive ketones (excluding diaryl/α,β-unsaturated/α-hetero) is 1. The van der Waals surface area contributed by atoms with Gasteiger partial charge in [0.05, 0.1) is 12.2 Å². The lowest BCUT2D eigenvalue weighted by Gasteiger charge is -2.40. The van der Waals surface area contributed by atoms with Gasteiger partial charge < -0.3 is 9.80 Å². The van der Waals surface area contributed by atoms with E-state index in [-0.39, 0.29) is 17.5 Å². The van der Waals surface area contributed by atoms with Gasteiger partial charge in [-0.1, -0.05) is 30.3 Å². The van der Waals surface area contributed by atoms with Crippen molar-refractivity contribution in [1.29, 1.82) is 0 Å². The molecule has 6 nitrogen and oxygen atoms in total. The smallest absolute Gasteiger partial charge is 0.236 e. The van der Waals surface area contributed by atoms with E-state index >= 15 is 0 Å². The molecule has 0 spiro atoms. The summed E-state index contributed by atoms with van der Waals surface area (Å²) < 4.78 is 14.5. The highest BCUT2D eigenvalue weighted by molar-refractivity contribution is 5.94. The Bertz CT molecular complexity index is 968. The molecule has 4 rings (SSSR count). The number of ketones is 1. The van der Waals surface area contributed by atoms with Crippen molar-refractivity contribution in [2.75, 3.05) is 63.8 Å². The molecular formula is C26H33FN4O2. The number of rotatable bonds is 6. The summed E-state index contributed by atoms with van der Waals surface area (Å²) in [6.45, 7) is 10.1. The van der Waals surface area contributed by atoms with Gasteiger partial charge in [-0.15, -0.1) is 0 Å². The van der Waals surface area contributed by atoms with Crippen LogP contribution in [0.4, 0.5) is 10.1 Å². The van der Waals surface area contributed by atoms with Crippen LogP contribution in [0.1, 0.15) is 35.8 Å². The largest absolute Gasteiger partial charge is 0.367 e. The van der Waals surface area contributed by atoms with Gasteiger partial charge in [-0.05, 0) is 37.6 Å². The Morgan fingerprint density at radius 3 is 2.18 bits per heavy atom. The fraction of sp³-hybridized carbons (Fsp3) is 0.462. The summed E-state index contributed by atoms with van der Waals surface area (Å²) in [5, 5.41) is 0. The van der Waals surface area contributed by atoms with Crippen LogP contribution in [0.25, 0.3) is 0 Å². The SMILES string of the molecule is CC(=O)c1ccc(N2CCN(CC(=O)N3CCN([C@H](C)c4ccccc4)CC3)CC2)c(F)c1. The average Bonchev–Trinajstić information content (AvgIpc) is 2.84. The van der Waals surface area contributed by atoms with Crippen LogP contribution < -0.4 is 4.90 Å². The number of carbonyl (C=O) groups is 2. The minimum Gasteiger partial charge on any atom is -0.367 e. The third kappa shape index (κ3) is 5.60. The fourth-order valence-electron chi connectivity index (χ4n) is 4.72. The zero-order chi connectivity index (χ0) is 23.4. The van der Waals surface area contributed by atoms with Gasteiger partial charge in [0, 0.05) is 64.0 Å². The van der Waals surface area contributed by atoms with E-state index in [9.17, 15) is 14.0 Å². The number of nitrogens with zero attached hydrogens (tertiary/aromatic N) is 4. The van der Waals surface area contributed by atoms with Crippen molar-refractivity contribution in [1.82, 2.24) is 14.7 Å². The van der Waals surface area contributed by atoms with Crippen molar-refractivity contribution in [3.8, 4) is 0 Å². The van der Waals surface area contributed by atoms with Crippen molar-refractivity contribution >= 4 is 17.4 Å². The summed E-state index contributed by atoms with van der Waals surface area (Å²) in [5.41, 5.74) is 2.22. The molecule has 2 fully saturated rings. The second-order valence-corrected chi connectivity index (χ2v) is 8.99. The van der Waals surface area contributed by atoms with Crippen LogP contribution in [0, 0.1) is 5.82 Å². The summed E-state index contributed by atoms with van der Waals surface area (Å²) in [7, 11) is 0. The van der Waals surface area contributed by atoms with E-state index in [1.165, 1.54) is 18.6 Å². The number of anilines is 1. The zero-order valence-electron chi connectivity index (χ0n) is 19.5. The van der Waals surface area contributed by atoms with Crippen LogP contribution >= 0.6 is 0 Å². The number of piperazine rings is 2. The molecule has 1 amide bonds. The van der Waals surface area contributed by atoms with Gasteiger partial charge in [0.2, 0.25) is 5.91 Å². The van der Waals surface area contributed by atoms with Crippen LogP contribution in [-0.2, 0) is 4.79 Å². The maximum atomic E-state index is 14.5. The van der Waals surface area contributed by atoms with Crippen LogP contribution in [0.3, 0.4) is 0 Å². The summed E-state index contributed by atoms with van der Waals surface area (Å²) in [4.78, 5) is 32.9. The topological polar surface area (TPSA) is 47.1 Å². The quantitative estimate of drug-likeness (QED) is 0.631. The molecule has 2 aliphatic heterocycles. The lowest BCUT2D eigenvalue weighted by molar-refractivity contribution is -0.134. The van der Waals surface area contributed by atoms with E-state index in [0.29, 0.717) is 50.0 Å². The molecule has 2 aliphatic rings. The van der Waals surface area contributed by atoms with Crippen LogP contribution in [0.2, 0.25) is 0 Å². The highest BCUT2D eigenvalue weighted by Crippen LogP contribution is 2.23. The van der Waals surface area contributed by atoms with Gasteiger partial charge in [0.15, 0.2) is 5.78 Å². The molecular weight excluding hydrogens is 419 g/mol. The Morgan fingerprint density at radius 1 is 0.909 bits per heavy atom. The second kappa shape index (κ2) is 10.4. The van der Waals surface area contributed by atoms with E-state index < -0.39 is 0 Å². The standard InChI is InChI=1S/C26H33FN4O2/c1-20(22-6-4-3-5-7-22)29-14-16-31(17-15-29)26(33)19-28-10-12-30(13-11-28)25-9-8-23(21(2)32)18-24(25)27/h3-9,18,20H,10-17,19H2,1-2H3/t20-/m1/s1. The van der Waals surface area contributed by atoms with Crippen LogP contribution in [-0.4, -0.2) is 85.3 Å². The summed E-state index contributed by atoms with van der Waals surface area (Å²) in [5.74, 6) is -0.332. The average molecular weight is 453 g/mol. The van der Waals surface area contributed by atoms with Crippen molar-refractivity contribution < 1.29 is 14.0 Å².